The van der Waals surface area contributed by atoms with E-state index in [0.29, 0.717) is 18.2 Å². The third kappa shape index (κ3) is 11.7. The third-order valence-corrected chi connectivity index (χ3v) is 8.13. The summed E-state index contributed by atoms with van der Waals surface area (Å²) in [5.74, 6) is 2.42. The molecule has 1 heterocycles. The molecule has 1 fully saturated rings. The molecule has 2 aromatic rings. The van der Waals surface area contributed by atoms with E-state index < -0.39 is 0 Å². The van der Waals surface area contributed by atoms with Crippen LogP contribution in [0.25, 0.3) is 11.4 Å². The van der Waals surface area contributed by atoms with Crippen molar-refractivity contribution in [3.05, 3.63) is 36.7 Å². The molecule has 1 aromatic carbocycles. The quantitative estimate of drug-likeness (QED) is 0.132. The topological polar surface area (TPSA) is 61.3 Å². The summed E-state index contributed by atoms with van der Waals surface area (Å²) in [5, 5.41) is 0. The van der Waals surface area contributed by atoms with Gasteiger partial charge in [0.1, 0.15) is 5.75 Å². The summed E-state index contributed by atoms with van der Waals surface area (Å²) in [6.45, 7) is 5.21. The van der Waals surface area contributed by atoms with Crippen molar-refractivity contribution in [3.63, 3.8) is 0 Å². The normalized spacial score (nSPS) is 17.2. The highest BCUT2D eigenvalue weighted by molar-refractivity contribution is 5.75. The molecule has 1 aliphatic rings. The first-order chi connectivity index (χ1) is 19.2. The maximum Gasteiger partial charge on any atom is 0.314 e. The van der Waals surface area contributed by atoms with Gasteiger partial charge in [0.2, 0.25) is 0 Å². The number of hydrogen-bond donors (Lipinski definition) is 0. The molecule has 0 unspecified atom stereocenters. The maximum absolute atomic E-state index is 12.7. The molecule has 0 spiro atoms. The van der Waals surface area contributed by atoms with Crippen molar-refractivity contribution in [3.8, 4) is 22.9 Å². The molecule has 0 saturated heterocycles. The van der Waals surface area contributed by atoms with Crippen molar-refractivity contribution in [1.29, 1.82) is 0 Å². The first-order valence-electron chi connectivity index (χ1n) is 16.0. The summed E-state index contributed by atoms with van der Waals surface area (Å²) in [5.41, 5.74) is 0.865. The fourth-order valence-corrected chi connectivity index (χ4v) is 5.63. The molecule has 0 N–H and O–H groups in total. The number of para-hydroxylation sites is 1. The number of rotatable bonds is 19. The zero-order chi connectivity index (χ0) is 27.5. The molecule has 0 aliphatic heterocycles. The van der Waals surface area contributed by atoms with Crippen LogP contribution >= 0.6 is 0 Å². The molecule has 39 heavy (non-hydrogen) atoms. The zero-order valence-electron chi connectivity index (χ0n) is 24.7. The van der Waals surface area contributed by atoms with Crippen molar-refractivity contribution < 1.29 is 14.3 Å². The fraction of sp³-hybridized carbons (Fsp3) is 0.676. The van der Waals surface area contributed by atoms with Crippen molar-refractivity contribution in [1.82, 2.24) is 9.97 Å². The molecule has 1 aliphatic carbocycles. The van der Waals surface area contributed by atoms with Gasteiger partial charge < -0.3 is 9.47 Å². The van der Waals surface area contributed by atoms with Gasteiger partial charge in [0, 0.05) is 0 Å². The summed E-state index contributed by atoms with van der Waals surface area (Å²) >= 11 is 0. The molecule has 1 aromatic heterocycles. The fourth-order valence-electron chi connectivity index (χ4n) is 5.63. The van der Waals surface area contributed by atoms with E-state index in [-0.39, 0.29) is 11.9 Å². The largest absolute Gasteiger partial charge is 0.493 e. The molecular weight excluding hydrogens is 484 g/mol. The Morgan fingerprint density at radius 1 is 0.769 bits per heavy atom. The standard InChI is InChI=1S/C34H52N2O3/c1-3-5-7-8-9-10-11-12-13-17-25-38-32-20-16-15-19-31(32)33-35-26-30(27-36-33)39-34(37)29-23-21-28(22-24-29)18-14-6-4-2/h15-16,19-20,26-29H,3-14,17-18,21-25H2,1-2H3/t28-,29-. The monoisotopic (exact) mass is 536 g/mol. The second-order valence-electron chi connectivity index (χ2n) is 11.4. The van der Waals surface area contributed by atoms with Crippen molar-refractivity contribution in [2.45, 2.75) is 129 Å². The van der Waals surface area contributed by atoms with Gasteiger partial charge in [-0.05, 0) is 50.2 Å². The average Bonchev–Trinajstić information content (AvgIpc) is 2.97. The molecular formula is C34H52N2O3. The van der Waals surface area contributed by atoms with Gasteiger partial charge in [-0.2, -0.15) is 0 Å². The van der Waals surface area contributed by atoms with E-state index in [9.17, 15) is 4.79 Å². The van der Waals surface area contributed by atoms with Crippen LogP contribution in [-0.2, 0) is 4.79 Å². The Morgan fingerprint density at radius 2 is 1.36 bits per heavy atom. The minimum Gasteiger partial charge on any atom is -0.493 e. The Morgan fingerprint density at radius 3 is 2.03 bits per heavy atom. The number of benzene rings is 1. The molecule has 1 saturated carbocycles. The van der Waals surface area contributed by atoms with E-state index in [1.807, 2.05) is 24.3 Å². The van der Waals surface area contributed by atoms with Crippen LogP contribution in [0, 0.1) is 11.8 Å². The van der Waals surface area contributed by atoms with E-state index in [2.05, 4.69) is 23.8 Å². The van der Waals surface area contributed by atoms with Crippen molar-refractivity contribution >= 4 is 5.97 Å². The number of aromatic nitrogens is 2. The van der Waals surface area contributed by atoms with Crippen LogP contribution in [0.15, 0.2) is 36.7 Å². The zero-order valence-corrected chi connectivity index (χ0v) is 24.7. The van der Waals surface area contributed by atoms with Gasteiger partial charge in [-0.1, -0.05) is 109 Å². The lowest BCUT2D eigenvalue weighted by Crippen LogP contribution is -2.25. The Kier molecular flexibility index (Phi) is 15.0. The lowest BCUT2D eigenvalue weighted by Gasteiger charge is -2.27. The summed E-state index contributed by atoms with van der Waals surface area (Å²) in [4.78, 5) is 21.7. The van der Waals surface area contributed by atoms with Gasteiger partial charge in [0.05, 0.1) is 30.5 Å². The highest BCUT2D eigenvalue weighted by atomic mass is 16.5. The first kappa shape index (κ1) is 31.1. The van der Waals surface area contributed by atoms with E-state index in [4.69, 9.17) is 9.47 Å². The molecule has 0 atom stereocenters. The predicted octanol–water partition coefficient (Wildman–Crippen LogP) is 9.74. The third-order valence-electron chi connectivity index (χ3n) is 8.13. The van der Waals surface area contributed by atoms with Crippen LogP contribution in [0.5, 0.6) is 11.5 Å². The number of hydrogen-bond acceptors (Lipinski definition) is 5. The number of carbonyl (C=O) groups excluding carboxylic acids is 1. The number of unbranched alkanes of at least 4 members (excludes halogenated alkanes) is 11. The molecule has 5 nitrogen and oxygen atoms in total. The SMILES string of the molecule is CCCCCCCCCCCCOc1ccccc1-c1ncc(OC(=O)[C@H]2CC[C@H](CCCCC)CC2)cn1. The van der Waals surface area contributed by atoms with Crippen LogP contribution in [0.3, 0.4) is 0 Å². The Balaban J connectivity index is 1.38. The molecule has 0 amide bonds. The summed E-state index contributed by atoms with van der Waals surface area (Å²) in [6, 6.07) is 7.90. The van der Waals surface area contributed by atoms with E-state index >= 15 is 0 Å². The van der Waals surface area contributed by atoms with Crippen molar-refractivity contribution in [2.24, 2.45) is 11.8 Å². The summed E-state index contributed by atoms with van der Waals surface area (Å²) in [6.07, 6.45) is 25.6. The van der Waals surface area contributed by atoms with E-state index in [1.165, 1.54) is 83.5 Å². The van der Waals surface area contributed by atoms with E-state index in [1.54, 1.807) is 12.4 Å². The second-order valence-corrected chi connectivity index (χ2v) is 11.4. The molecule has 5 heteroatoms. The van der Waals surface area contributed by atoms with Crippen LogP contribution in [0.2, 0.25) is 0 Å². The Labute approximate surface area is 237 Å². The van der Waals surface area contributed by atoms with Crippen LogP contribution in [0.4, 0.5) is 0 Å². The highest BCUT2D eigenvalue weighted by Crippen LogP contribution is 2.33. The first-order valence-corrected chi connectivity index (χ1v) is 16.0. The number of ether oxygens (including phenoxy) is 2. The van der Waals surface area contributed by atoms with Gasteiger partial charge in [0.15, 0.2) is 11.6 Å². The Hall–Kier alpha value is -2.43. The molecule has 0 bridgehead atoms. The molecule has 0 radical (unpaired) electrons. The van der Waals surface area contributed by atoms with Crippen LogP contribution < -0.4 is 9.47 Å². The predicted molar refractivity (Wildman–Crippen MR) is 160 cm³/mol. The lowest BCUT2D eigenvalue weighted by molar-refractivity contribution is -0.140. The van der Waals surface area contributed by atoms with E-state index in [0.717, 1.165) is 49.3 Å². The highest BCUT2D eigenvalue weighted by Gasteiger charge is 2.27. The molecule has 3 rings (SSSR count). The van der Waals surface area contributed by atoms with Crippen LogP contribution in [0.1, 0.15) is 129 Å². The number of nitrogens with zero attached hydrogens (tertiary/aromatic N) is 2. The smallest absolute Gasteiger partial charge is 0.314 e. The van der Waals surface area contributed by atoms with Gasteiger partial charge in [-0.3, -0.25) is 4.79 Å². The Bertz CT molecular complexity index is 922. The van der Waals surface area contributed by atoms with Gasteiger partial charge >= 0.3 is 5.97 Å². The minimum absolute atomic E-state index is 0.00739. The van der Waals surface area contributed by atoms with Gasteiger partial charge in [-0.25, -0.2) is 9.97 Å². The second kappa shape index (κ2) is 18.8. The maximum atomic E-state index is 12.7. The summed E-state index contributed by atoms with van der Waals surface area (Å²) < 4.78 is 11.8. The number of esters is 1. The lowest BCUT2D eigenvalue weighted by atomic mass is 9.80. The minimum atomic E-state index is -0.140. The number of carbonyl (C=O) groups is 1. The molecule has 216 valence electrons. The van der Waals surface area contributed by atoms with Gasteiger partial charge in [-0.15, -0.1) is 0 Å². The van der Waals surface area contributed by atoms with Crippen molar-refractivity contribution in [2.75, 3.05) is 6.61 Å². The van der Waals surface area contributed by atoms with Gasteiger partial charge in [0.25, 0.3) is 0 Å². The van der Waals surface area contributed by atoms with Crippen LogP contribution in [-0.4, -0.2) is 22.5 Å². The summed E-state index contributed by atoms with van der Waals surface area (Å²) in [7, 11) is 0. The average molecular weight is 537 g/mol.